The molecule has 13 heteroatoms. The molecule has 332 valence electrons. The molecule has 0 aliphatic heterocycles. The first-order chi connectivity index (χ1) is 26.6. The van der Waals surface area contributed by atoms with Crippen LogP contribution in [0.4, 0.5) is 0 Å². The average Bonchev–Trinajstić information content (AvgIpc) is 3.13. The number of rotatable bonds is 47. The van der Waals surface area contributed by atoms with E-state index in [0.29, 0.717) is 119 Å². The van der Waals surface area contributed by atoms with Crippen LogP contribution in [-0.2, 0) is 47.4 Å². The largest absolute Gasteiger partial charge is 0.378 e. The van der Waals surface area contributed by atoms with Crippen LogP contribution in [0.1, 0.15) is 71.1 Å². The number of nitrogens with zero attached hydrogens (tertiary/aromatic N) is 3. The van der Waals surface area contributed by atoms with Crippen LogP contribution < -0.4 is 0 Å². The summed E-state index contributed by atoms with van der Waals surface area (Å²) in [7, 11) is 13.0. The number of unbranched alkanes of at least 4 members (excludes halogenated alkanes) is 9. The first-order valence-electron chi connectivity index (χ1n) is 21.7. The van der Waals surface area contributed by atoms with Gasteiger partial charge in [-0.1, -0.05) is 64.7 Å². The van der Waals surface area contributed by atoms with Crippen LogP contribution in [0.15, 0.2) is 0 Å². The molecule has 0 amide bonds. The van der Waals surface area contributed by atoms with Crippen molar-refractivity contribution in [1.82, 2.24) is 4.90 Å². The minimum Gasteiger partial charge on any atom is -0.378 e. The standard InChI is InChI=1S/C42H91N3O10/c1-8-9-10-11-12-13-14-15-16-17-18-43(19-23-46-27-31-50-35-39-54-41-37-52-33-29-48-25-21-44(2,3)4)20-24-47-28-32-51-36-40-55-42-38-53-34-30-49-26-22-45(5,6)7/h8-42H2,1-7H3/q+2. The molecule has 0 aliphatic carbocycles. The zero-order valence-corrected chi connectivity index (χ0v) is 37.2. The van der Waals surface area contributed by atoms with Crippen molar-refractivity contribution in [3.8, 4) is 0 Å². The fourth-order valence-corrected chi connectivity index (χ4v) is 5.19. The van der Waals surface area contributed by atoms with Gasteiger partial charge in [-0.25, -0.2) is 0 Å². The Hall–Kier alpha value is -0.520. The van der Waals surface area contributed by atoms with Crippen LogP contribution in [-0.4, -0.2) is 221 Å². The molecule has 0 unspecified atom stereocenters. The van der Waals surface area contributed by atoms with E-state index in [9.17, 15) is 0 Å². The number of quaternary nitrogens is 2. The van der Waals surface area contributed by atoms with Crippen LogP contribution in [0, 0.1) is 0 Å². The number of hydrogen-bond donors (Lipinski definition) is 0. The van der Waals surface area contributed by atoms with Gasteiger partial charge in [-0.15, -0.1) is 0 Å². The second-order valence-electron chi connectivity index (χ2n) is 16.2. The van der Waals surface area contributed by atoms with E-state index in [1.165, 1.54) is 64.2 Å². The maximum absolute atomic E-state index is 5.90. The maximum Gasteiger partial charge on any atom is 0.102 e. The molecule has 0 aromatic carbocycles. The van der Waals surface area contributed by atoms with Gasteiger partial charge in [0.05, 0.1) is 174 Å². The highest BCUT2D eigenvalue weighted by molar-refractivity contribution is 4.59. The van der Waals surface area contributed by atoms with Gasteiger partial charge in [0.25, 0.3) is 0 Å². The molecule has 0 heterocycles. The van der Waals surface area contributed by atoms with Crippen molar-refractivity contribution in [2.45, 2.75) is 71.1 Å². The van der Waals surface area contributed by atoms with Crippen LogP contribution in [0.5, 0.6) is 0 Å². The molecule has 0 radical (unpaired) electrons. The van der Waals surface area contributed by atoms with E-state index in [1.54, 1.807) is 0 Å². The lowest BCUT2D eigenvalue weighted by atomic mass is 10.1. The highest BCUT2D eigenvalue weighted by atomic mass is 16.6. The van der Waals surface area contributed by atoms with Gasteiger partial charge in [0, 0.05) is 13.1 Å². The highest BCUT2D eigenvalue weighted by Crippen LogP contribution is 2.11. The van der Waals surface area contributed by atoms with Gasteiger partial charge in [0.15, 0.2) is 0 Å². The lowest BCUT2D eigenvalue weighted by Crippen LogP contribution is -2.37. The lowest BCUT2D eigenvalue weighted by Gasteiger charge is -2.23. The molecule has 0 aromatic rings. The van der Waals surface area contributed by atoms with E-state index in [2.05, 4.69) is 54.1 Å². The summed E-state index contributed by atoms with van der Waals surface area (Å²) >= 11 is 0. The second kappa shape index (κ2) is 41.6. The van der Waals surface area contributed by atoms with Gasteiger partial charge < -0.3 is 56.3 Å². The summed E-state index contributed by atoms with van der Waals surface area (Å²) in [5, 5.41) is 0. The predicted molar refractivity (Wildman–Crippen MR) is 222 cm³/mol. The summed E-state index contributed by atoms with van der Waals surface area (Å²) in [4.78, 5) is 2.47. The maximum atomic E-state index is 5.90. The first-order valence-corrected chi connectivity index (χ1v) is 21.7. The van der Waals surface area contributed by atoms with Crippen molar-refractivity contribution in [2.75, 3.05) is 207 Å². The Morgan fingerprint density at radius 3 is 0.782 bits per heavy atom. The van der Waals surface area contributed by atoms with E-state index in [-0.39, 0.29) is 0 Å². The molecule has 55 heavy (non-hydrogen) atoms. The van der Waals surface area contributed by atoms with Crippen molar-refractivity contribution in [2.24, 2.45) is 0 Å². The Kier molecular flexibility index (Phi) is 41.2. The molecule has 0 atom stereocenters. The van der Waals surface area contributed by atoms with Gasteiger partial charge in [0.1, 0.15) is 13.1 Å². The first kappa shape index (κ1) is 54.5. The summed E-state index contributed by atoms with van der Waals surface area (Å²) in [6.07, 6.45) is 13.4. The van der Waals surface area contributed by atoms with Crippen LogP contribution >= 0.6 is 0 Å². The normalized spacial score (nSPS) is 12.4. The zero-order valence-electron chi connectivity index (χ0n) is 37.2. The molecule has 0 saturated carbocycles. The molecule has 0 saturated heterocycles. The molecular weight excluding hydrogens is 706 g/mol. The SMILES string of the molecule is CCCCCCCCCCCCN(CCOCCOCCOCCOCCOCC[N+](C)(C)C)CCOCCOCCOCCOCCOCC[N+](C)(C)C. The molecule has 13 nitrogen and oxygen atoms in total. The zero-order chi connectivity index (χ0) is 40.4. The summed E-state index contributed by atoms with van der Waals surface area (Å²) in [6, 6.07) is 0. The van der Waals surface area contributed by atoms with Gasteiger partial charge in [-0.3, -0.25) is 4.90 Å². The number of likely N-dealkylation sites (N-methyl/N-ethyl adjacent to an activating group) is 2. The summed E-state index contributed by atoms with van der Waals surface area (Å²) in [6.45, 7) is 19.2. The van der Waals surface area contributed by atoms with E-state index in [4.69, 9.17) is 47.4 Å². The summed E-state index contributed by atoms with van der Waals surface area (Å²) in [5.74, 6) is 0. The second-order valence-corrected chi connectivity index (χ2v) is 16.2. The Morgan fingerprint density at radius 1 is 0.273 bits per heavy atom. The quantitative estimate of drug-likeness (QED) is 0.0629. The van der Waals surface area contributed by atoms with Gasteiger partial charge in [-0.2, -0.15) is 0 Å². The monoisotopic (exact) mass is 798 g/mol. The van der Waals surface area contributed by atoms with Crippen molar-refractivity contribution >= 4 is 0 Å². The summed E-state index contributed by atoms with van der Waals surface area (Å²) in [5.41, 5.74) is 0. The smallest absolute Gasteiger partial charge is 0.102 e. The fourth-order valence-electron chi connectivity index (χ4n) is 5.19. The van der Waals surface area contributed by atoms with E-state index in [1.807, 2.05) is 0 Å². The molecule has 0 rings (SSSR count). The Labute approximate surface area is 339 Å². The van der Waals surface area contributed by atoms with Crippen LogP contribution in [0.25, 0.3) is 0 Å². The minimum absolute atomic E-state index is 0.554. The van der Waals surface area contributed by atoms with Crippen LogP contribution in [0.3, 0.4) is 0 Å². The lowest BCUT2D eigenvalue weighted by molar-refractivity contribution is -0.870. The molecule has 0 bridgehead atoms. The molecule has 0 N–H and O–H groups in total. The summed E-state index contributed by atoms with van der Waals surface area (Å²) < 4.78 is 58.4. The van der Waals surface area contributed by atoms with Gasteiger partial charge in [-0.05, 0) is 13.0 Å². The molecule has 0 aromatic heterocycles. The highest BCUT2D eigenvalue weighted by Gasteiger charge is 2.08. The number of ether oxygens (including phenoxy) is 10. The molecule has 0 fully saturated rings. The Bertz CT molecular complexity index is 695. The van der Waals surface area contributed by atoms with Crippen molar-refractivity contribution in [3.63, 3.8) is 0 Å². The molecule has 0 spiro atoms. The van der Waals surface area contributed by atoms with Crippen LogP contribution in [0.2, 0.25) is 0 Å². The van der Waals surface area contributed by atoms with Gasteiger partial charge >= 0.3 is 0 Å². The van der Waals surface area contributed by atoms with Crippen molar-refractivity contribution in [1.29, 1.82) is 0 Å². The van der Waals surface area contributed by atoms with E-state index < -0.39 is 0 Å². The van der Waals surface area contributed by atoms with Gasteiger partial charge in [0.2, 0.25) is 0 Å². The predicted octanol–water partition coefficient (Wildman–Crippen LogP) is 4.79. The van der Waals surface area contributed by atoms with E-state index >= 15 is 0 Å². The number of hydrogen-bond acceptors (Lipinski definition) is 11. The Morgan fingerprint density at radius 2 is 0.509 bits per heavy atom. The topological polar surface area (TPSA) is 95.5 Å². The third kappa shape index (κ3) is 49.6. The minimum atomic E-state index is 0.554. The third-order valence-corrected chi connectivity index (χ3v) is 8.72. The fraction of sp³-hybridized carbons (Fsp3) is 1.00. The third-order valence-electron chi connectivity index (χ3n) is 8.72. The molecular formula is C42H91N3O10+2. The van der Waals surface area contributed by atoms with Crippen molar-refractivity contribution < 1.29 is 56.3 Å². The average molecular weight is 798 g/mol. The molecule has 0 aliphatic rings. The van der Waals surface area contributed by atoms with E-state index in [0.717, 1.165) is 54.9 Å². The Balaban J connectivity index is 3.88. The van der Waals surface area contributed by atoms with Crippen molar-refractivity contribution in [3.05, 3.63) is 0 Å².